The van der Waals surface area contributed by atoms with Gasteiger partial charge in [-0.3, -0.25) is 4.79 Å². The Hall–Kier alpha value is -2.36. The lowest BCUT2D eigenvalue weighted by molar-refractivity contribution is 0.102. The normalized spacial score (nSPS) is 10.1. The van der Waals surface area contributed by atoms with Crippen molar-refractivity contribution < 1.29 is 4.79 Å². The van der Waals surface area contributed by atoms with Crippen LogP contribution in [0, 0.1) is 0 Å². The van der Waals surface area contributed by atoms with Crippen LogP contribution >= 0.6 is 0 Å². The number of pyridine rings is 1. The number of benzene rings is 1. The average Bonchev–Trinajstić information content (AvgIpc) is 2.48. The molecule has 0 aliphatic carbocycles. The minimum Gasteiger partial charge on any atom is -0.370 e. The quantitative estimate of drug-likeness (QED) is 0.875. The summed E-state index contributed by atoms with van der Waals surface area (Å²) in [5.41, 5.74) is 2.37. The number of nitrogens with zero attached hydrogens (tertiary/aromatic N) is 1. The van der Waals surface area contributed by atoms with Crippen LogP contribution in [0.15, 0.2) is 42.5 Å². The fraction of sp³-hybridized carbons (Fsp3) is 0.250. The fourth-order valence-electron chi connectivity index (χ4n) is 1.98. The van der Waals surface area contributed by atoms with E-state index in [4.69, 9.17) is 0 Å². The van der Waals surface area contributed by atoms with Crippen molar-refractivity contribution in [2.75, 3.05) is 17.2 Å². The van der Waals surface area contributed by atoms with Gasteiger partial charge in [0.15, 0.2) is 0 Å². The summed E-state index contributed by atoms with van der Waals surface area (Å²) in [5, 5.41) is 6.02. The van der Waals surface area contributed by atoms with Gasteiger partial charge in [0.2, 0.25) is 0 Å². The molecule has 1 aromatic heterocycles. The molecule has 0 bridgehead atoms. The minimum absolute atomic E-state index is 0.189. The SMILES string of the molecule is CCNc1cccc(C(=O)Nc2ccccc2CC)n1. The maximum atomic E-state index is 12.2. The third-order valence-electron chi connectivity index (χ3n) is 2.99. The average molecular weight is 269 g/mol. The number of nitrogens with one attached hydrogen (secondary N) is 2. The van der Waals surface area contributed by atoms with E-state index in [9.17, 15) is 4.79 Å². The van der Waals surface area contributed by atoms with E-state index in [2.05, 4.69) is 22.5 Å². The van der Waals surface area contributed by atoms with Gasteiger partial charge in [0, 0.05) is 12.2 Å². The monoisotopic (exact) mass is 269 g/mol. The highest BCUT2D eigenvalue weighted by Crippen LogP contribution is 2.16. The molecule has 0 atom stereocenters. The fourth-order valence-corrected chi connectivity index (χ4v) is 1.98. The summed E-state index contributed by atoms with van der Waals surface area (Å²) < 4.78 is 0. The molecule has 0 radical (unpaired) electrons. The van der Waals surface area contributed by atoms with Crippen LogP contribution in [0.2, 0.25) is 0 Å². The molecule has 1 amide bonds. The van der Waals surface area contributed by atoms with Gasteiger partial charge < -0.3 is 10.6 Å². The summed E-state index contributed by atoms with van der Waals surface area (Å²) in [5.74, 6) is 0.523. The summed E-state index contributed by atoms with van der Waals surface area (Å²) in [6, 6.07) is 13.2. The second-order valence-electron chi connectivity index (χ2n) is 4.40. The maximum Gasteiger partial charge on any atom is 0.274 e. The number of carbonyl (C=O) groups excluding carboxylic acids is 1. The molecule has 2 N–H and O–H groups in total. The van der Waals surface area contributed by atoms with Crippen LogP contribution in [0.5, 0.6) is 0 Å². The Morgan fingerprint density at radius 2 is 1.90 bits per heavy atom. The number of rotatable bonds is 5. The van der Waals surface area contributed by atoms with Gasteiger partial charge in [0.25, 0.3) is 5.91 Å². The molecule has 1 aromatic carbocycles. The zero-order valence-corrected chi connectivity index (χ0v) is 11.8. The molecule has 1 heterocycles. The number of anilines is 2. The first-order valence-corrected chi connectivity index (χ1v) is 6.84. The lowest BCUT2D eigenvalue weighted by Crippen LogP contribution is -2.15. The second kappa shape index (κ2) is 6.70. The number of hydrogen-bond acceptors (Lipinski definition) is 3. The third kappa shape index (κ3) is 3.35. The molecule has 0 fully saturated rings. The Kier molecular flexibility index (Phi) is 4.71. The van der Waals surface area contributed by atoms with Gasteiger partial charge in [-0.05, 0) is 37.1 Å². The van der Waals surface area contributed by atoms with Gasteiger partial charge in [-0.1, -0.05) is 31.2 Å². The number of aryl methyl sites for hydroxylation is 1. The summed E-state index contributed by atoms with van der Waals surface area (Å²) in [7, 11) is 0. The third-order valence-corrected chi connectivity index (χ3v) is 2.99. The van der Waals surface area contributed by atoms with E-state index < -0.39 is 0 Å². The zero-order valence-electron chi connectivity index (χ0n) is 11.8. The molecule has 0 aliphatic heterocycles. The Bertz CT molecular complexity index is 596. The van der Waals surface area contributed by atoms with E-state index in [0.29, 0.717) is 11.5 Å². The van der Waals surface area contributed by atoms with Crippen LogP contribution in [0.3, 0.4) is 0 Å². The van der Waals surface area contributed by atoms with Crippen molar-refractivity contribution in [1.29, 1.82) is 0 Å². The van der Waals surface area contributed by atoms with Crippen LogP contribution < -0.4 is 10.6 Å². The van der Waals surface area contributed by atoms with Crippen molar-refractivity contribution in [1.82, 2.24) is 4.98 Å². The number of para-hydroxylation sites is 1. The van der Waals surface area contributed by atoms with E-state index >= 15 is 0 Å². The number of carbonyl (C=O) groups is 1. The predicted octanol–water partition coefficient (Wildman–Crippen LogP) is 3.33. The summed E-state index contributed by atoms with van der Waals surface area (Å²) >= 11 is 0. The van der Waals surface area contributed by atoms with Crippen molar-refractivity contribution >= 4 is 17.4 Å². The lowest BCUT2D eigenvalue weighted by Gasteiger charge is -2.10. The van der Waals surface area contributed by atoms with Crippen molar-refractivity contribution in [3.8, 4) is 0 Å². The smallest absolute Gasteiger partial charge is 0.274 e. The van der Waals surface area contributed by atoms with Crippen LogP contribution in [0.25, 0.3) is 0 Å². The number of aromatic nitrogens is 1. The van der Waals surface area contributed by atoms with Gasteiger partial charge in [-0.15, -0.1) is 0 Å². The Labute approximate surface area is 119 Å². The summed E-state index contributed by atoms with van der Waals surface area (Å²) in [4.78, 5) is 16.5. The Morgan fingerprint density at radius 3 is 2.65 bits per heavy atom. The predicted molar refractivity (Wildman–Crippen MR) is 82.2 cm³/mol. The van der Waals surface area contributed by atoms with Gasteiger partial charge in [-0.2, -0.15) is 0 Å². The number of hydrogen-bond donors (Lipinski definition) is 2. The van der Waals surface area contributed by atoms with E-state index in [-0.39, 0.29) is 5.91 Å². The maximum absolute atomic E-state index is 12.2. The van der Waals surface area contributed by atoms with Crippen LogP contribution in [0.4, 0.5) is 11.5 Å². The van der Waals surface area contributed by atoms with Crippen LogP contribution in [-0.4, -0.2) is 17.4 Å². The summed E-state index contributed by atoms with van der Waals surface area (Å²) in [6.45, 7) is 4.83. The molecule has 0 spiro atoms. The Morgan fingerprint density at radius 1 is 1.10 bits per heavy atom. The molecule has 20 heavy (non-hydrogen) atoms. The van der Waals surface area contributed by atoms with Crippen molar-refractivity contribution in [3.05, 3.63) is 53.7 Å². The molecule has 0 saturated heterocycles. The molecule has 0 saturated carbocycles. The van der Waals surface area contributed by atoms with Gasteiger partial charge in [-0.25, -0.2) is 4.98 Å². The zero-order chi connectivity index (χ0) is 14.4. The first kappa shape index (κ1) is 14.1. The van der Waals surface area contributed by atoms with E-state index in [1.165, 1.54) is 0 Å². The molecule has 4 heteroatoms. The minimum atomic E-state index is -0.189. The highest BCUT2D eigenvalue weighted by atomic mass is 16.1. The van der Waals surface area contributed by atoms with Gasteiger partial charge in [0.1, 0.15) is 11.5 Å². The highest BCUT2D eigenvalue weighted by Gasteiger charge is 2.10. The van der Waals surface area contributed by atoms with Crippen LogP contribution in [0.1, 0.15) is 29.9 Å². The first-order chi connectivity index (χ1) is 9.74. The second-order valence-corrected chi connectivity index (χ2v) is 4.40. The van der Waals surface area contributed by atoms with Crippen molar-refractivity contribution in [2.24, 2.45) is 0 Å². The molecular formula is C16H19N3O. The molecule has 4 nitrogen and oxygen atoms in total. The first-order valence-electron chi connectivity index (χ1n) is 6.84. The number of amides is 1. The summed E-state index contributed by atoms with van der Waals surface area (Å²) in [6.07, 6.45) is 0.876. The standard InChI is InChI=1S/C16H19N3O/c1-3-12-8-5-6-9-13(12)19-16(20)14-10-7-11-15(18-14)17-4-2/h5-11H,3-4H2,1-2H3,(H,17,18)(H,19,20). The molecule has 0 aliphatic rings. The molecule has 104 valence electrons. The molecule has 2 rings (SSSR count). The van der Waals surface area contributed by atoms with Crippen molar-refractivity contribution in [3.63, 3.8) is 0 Å². The van der Waals surface area contributed by atoms with Crippen molar-refractivity contribution in [2.45, 2.75) is 20.3 Å². The highest BCUT2D eigenvalue weighted by molar-refractivity contribution is 6.03. The van der Waals surface area contributed by atoms with E-state index in [0.717, 1.165) is 24.2 Å². The van der Waals surface area contributed by atoms with Gasteiger partial charge in [0.05, 0.1) is 0 Å². The van der Waals surface area contributed by atoms with E-state index in [1.54, 1.807) is 6.07 Å². The molecule has 2 aromatic rings. The molecular weight excluding hydrogens is 250 g/mol. The Balaban J connectivity index is 2.17. The van der Waals surface area contributed by atoms with Crippen LogP contribution in [-0.2, 0) is 6.42 Å². The van der Waals surface area contributed by atoms with Gasteiger partial charge >= 0.3 is 0 Å². The van der Waals surface area contributed by atoms with E-state index in [1.807, 2.05) is 43.3 Å². The topological polar surface area (TPSA) is 54.0 Å². The molecule has 0 unspecified atom stereocenters. The lowest BCUT2D eigenvalue weighted by atomic mass is 10.1. The largest absolute Gasteiger partial charge is 0.370 e.